The second kappa shape index (κ2) is 6.54. The minimum Gasteiger partial charge on any atom is -0.427 e. The maximum absolute atomic E-state index is 12.2. The highest BCUT2D eigenvalue weighted by molar-refractivity contribution is 9.10. The molecule has 108 valence electrons. The maximum Gasteiger partial charge on any atom is 0.308 e. The fourth-order valence-corrected chi connectivity index (χ4v) is 2.30. The smallest absolute Gasteiger partial charge is 0.308 e. The summed E-state index contributed by atoms with van der Waals surface area (Å²) in [6.45, 7) is 3.23. The molecule has 2 aromatic rings. The summed E-state index contributed by atoms with van der Waals surface area (Å²) >= 11 is 3.38. The van der Waals surface area contributed by atoms with E-state index >= 15 is 0 Å². The van der Waals surface area contributed by atoms with Crippen LogP contribution in [0.25, 0.3) is 0 Å². The Labute approximate surface area is 131 Å². The molecule has 0 saturated carbocycles. The van der Waals surface area contributed by atoms with Gasteiger partial charge >= 0.3 is 5.97 Å². The van der Waals surface area contributed by atoms with Crippen molar-refractivity contribution in [2.75, 3.05) is 5.32 Å². The van der Waals surface area contributed by atoms with Crippen molar-refractivity contribution in [3.8, 4) is 5.75 Å². The Hall–Kier alpha value is -2.14. The highest BCUT2D eigenvalue weighted by Crippen LogP contribution is 2.21. The van der Waals surface area contributed by atoms with Gasteiger partial charge in [-0.25, -0.2) is 0 Å². The number of rotatable bonds is 3. The number of carbonyl (C=O) groups is 2. The van der Waals surface area contributed by atoms with Crippen LogP contribution in [0.15, 0.2) is 46.9 Å². The van der Waals surface area contributed by atoms with E-state index in [1.165, 1.54) is 13.0 Å². The first-order chi connectivity index (χ1) is 9.95. The zero-order valence-electron chi connectivity index (χ0n) is 11.6. The molecule has 2 rings (SSSR count). The SMILES string of the molecule is CC(=O)Oc1cccc(C(=O)Nc2ccc(Br)cc2C)c1. The van der Waals surface area contributed by atoms with Gasteiger partial charge in [0.05, 0.1) is 0 Å². The molecule has 1 amide bonds. The molecule has 0 spiro atoms. The molecule has 4 nitrogen and oxygen atoms in total. The zero-order chi connectivity index (χ0) is 15.4. The number of hydrogen-bond acceptors (Lipinski definition) is 3. The maximum atomic E-state index is 12.2. The number of hydrogen-bond donors (Lipinski definition) is 1. The monoisotopic (exact) mass is 347 g/mol. The van der Waals surface area contributed by atoms with Crippen molar-refractivity contribution in [2.45, 2.75) is 13.8 Å². The Morgan fingerprint density at radius 2 is 1.90 bits per heavy atom. The molecular formula is C16H14BrNO3. The van der Waals surface area contributed by atoms with Crippen LogP contribution in [0.2, 0.25) is 0 Å². The third-order valence-electron chi connectivity index (χ3n) is 2.79. The second-order valence-electron chi connectivity index (χ2n) is 4.53. The Bertz CT molecular complexity index is 698. The van der Waals surface area contributed by atoms with E-state index in [1.54, 1.807) is 18.2 Å². The van der Waals surface area contributed by atoms with Crippen LogP contribution in [0, 0.1) is 6.92 Å². The van der Waals surface area contributed by atoms with E-state index in [2.05, 4.69) is 21.2 Å². The molecule has 0 unspecified atom stereocenters. The van der Waals surface area contributed by atoms with Gasteiger partial charge in [-0.05, 0) is 48.9 Å². The minimum atomic E-state index is -0.420. The molecule has 0 atom stereocenters. The summed E-state index contributed by atoms with van der Waals surface area (Å²) in [7, 11) is 0. The van der Waals surface area contributed by atoms with Crippen LogP contribution in [0.5, 0.6) is 5.75 Å². The number of amides is 1. The number of ether oxygens (including phenoxy) is 1. The normalized spacial score (nSPS) is 10.0. The number of benzene rings is 2. The fraction of sp³-hybridized carbons (Fsp3) is 0.125. The summed E-state index contributed by atoms with van der Waals surface area (Å²) < 4.78 is 5.92. The molecule has 5 heteroatoms. The zero-order valence-corrected chi connectivity index (χ0v) is 13.2. The van der Waals surface area contributed by atoms with Gasteiger partial charge in [0.2, 0.25) is 0 Å². The quantitative estimate of drug-likeness (QED) is 0.675. The van der Waals surface area contributed by atoms with Gasteiger partial charge in [0.25, 0.3) is 5.91 Å². The third-order valence-corrected chi connectivity index (χ3v) is 3.29. The fourth-order valence-electron chi connectivity index (χ4n) is 1.83. The van der Waals surface area contributed by atoms with Gasteiger partial charge in [-0.1, -0.05) is 22.0 Å². The van der Waals surface area contributed by atoms with Crippen molar-refractivity contribution in [2.24, 2.45) is 0 Å². The van der Waals surface area contributed by atoms with Crippen LogP contribution >= 0.6 is 15.9 Å². The van der Waals surface area contributed by atoms with E-state index in [-0.39, 0.29) is 5.91 Å². The molecule has 0 aliphatic carbocycles. The number of halogens is 1. The average Bonchev–Trinajstić information content (AvgIpc) is 2.41. The highest BCUT2D eigenvalue weighted by atomic mass is 79.9. The van der Waals surface area contributed by atoms with Crippen LogP contribution in [-0.2, 0) is 4.79 Å². The van der Waals surface area contributed by atoms with Crippen LogP contribution in [0.1, 0.15) is 22.8 Å². The van der Waals surface area contributed by atoms with Crippen molar-refractivity contribution in [3.05, 3.63) is 58.1 Å². The van der Waals surface area contributed by atoms with Crippen molar-refractivity contribution in [1.29, 1.82) is 0 Å². The summed E-state index contributed by atoms with van der Waals surface area (Å²) in [4.78, 5) is 23.2. The lowest BCUT2D eigenvalue weighted by Gasteiger charge is -2.09. The number of anilines is 1. The van der Waals surface area contributed by atoms with E-state index in [0.29, 0.717) is 11.3 Å². The lowest BCUT2D eigenvalue weighted by molar-refractivity contribution is -0.131. The van der Waals surface area contributed by atoms with E-state index < -0.39 is 5.97 Å². The average molecular weight is 348 g/mol. The lowest BCUT2D eigenvalue weighted by atomic mass is 10.1. The van der Waals surface area contributed by atoms with Crippen LogP contribution in [0.3, 0.4) is 0 Å². The van der Waals surface area contributed by atoms with Crippen LogP contribution in [-0.4, -0.2) is 11.9 Å². The van der Waals surface area contributed by atoms with Gasteiger partial charge < -0.3 is 10.1 Å². The van der Waals surface area contributed by atoms with Crippen molar-refractivity contribution in [3.63, 3.8) is 0 Å². The minimum absolute atomic E-state index is 0.255. The Morgan fingerprint density at radius 1 is 1.14 bits per heavy atom. The Balaban J connectivity index is 2.18. The third kappa shape index (κ3) is 4.16. The first-order valence-corrected chi connectivity index (χ1v) is 7.11. The molecular weight excluding hydrogens is 334 g/mol. The molecule has 0 bridgehead atoms. The lowest BCUT2D eigenvalue weighted by Crippen LogP contribution is -2.13. The Kier molecular flexibility index (Phi) is 4.75. The number of nitrogens with one attached hydrogen (secondary N) is 1. The summed E-state index contributed by atoms with van der Waals surface area (Å²) in [5.74, 6) is -0.326. The molecule has 21 heavy (non-hydrogen) atoms. The topological polar surface area (TPSA) is 55.4 Å². The van der Waals surface area contributed by atoms with Crippen molar-refractivity contribution in [1.82, 2.24) is 0 Å². The number of esters is 1. The van der Waals surface area contributed by atoms with Crippen molar-refractivity contribution < 1.29 is 14.3 Å². The molecule has 0 saturated heterocycles. The second-order valence-corrected chi connectivity index (χ2v) is 5.45. The van der Waals surface area contributed by atoms with Crippen molar-refractivity contribution >= 4 is 33.5 Å². The largest absolute Gasteiger partial charge is 0.427 e. The summed E-state index contributed by atoms with van der Waals surface area (Å²) in [5.41, 5.74) is 2.12. The van der Waals surface area contributed by atoms with Gasteiger partial charge in [0.15, 0.2) is 0 Å². The van der Waals surface area contributed by atoms with Gasteiger partial charge in [-0.3, -0.25) is 9.59 Å². The van der Waals surface area contributed by atoms with Gasteiger partial charge in [0.1, 0.15) is 5.75 Å². The summed E-state index contributed by atoms with van der Waals surface area (Å²) in [6, 6.07) is 12.1. The summed E-state index contributed by atoms with van der Waals surface area (Å²) in [6.07, 6.45) is 0. The van der Waals surface area contributed by atoms with Crippen LogP contribution < -0.4 is 10.1 Å². The first kappa shape index (κ1) is 15.3. The predicted molar refractivity (Wildman–Crippen MR) is 84.6 cm³/mol. The molecule has 0 aliphatic rings. The Morgan fingerprint density at radius 3 is 2.57 bits per heavy atom. The molecule has 0 heterocycles. The molecule has 0 radical (unpaired) electrons. The molecule has 1 N–H and O–H groups in total. The van der Waals surface area contributed by atoms with Gasteiger partial charge in [-0.2, -0.15) is 0 Å². The van der Waals surface area contributed by atoms with Crippen LogP contribution in [0.4, 0.5) is 5.69 Å². The van der Waals surface area contributed by atoms with Gasteiger partial charge in [0, 0.05) is 22.6 Å². The molecule has 0 aromatic heterocycles. The first-order valence-electron chi connectivity index (χ1n) is 6.31. The predicted octanol–water partition coefficient (Wildman–Crippen LogP) is 3.94. The van der Waals surface area contributed by atoms with E-state index in [9.17, 15) is 9.59 Å². The molecule has 0 aliphatic heterocycles. The summed E-state index contributed by atoms with van der Waals surface area (Å²) in [5, 5.41) is 2.83. The molecule has 0 fully saturated rings. The van der Waals surface area contributed by atoms with Gasteiger partial charge in [-0.15, -0.1) is 0 Å². The number of carbonyl (C=O) groups excluding carboxylic acids is 2. The highest BCUT2D eigenvalue weighted by Gasteiger charge is 2.09. The van der Waals surface area contributed by atoms with E-state index in [0.717, 1.165) is 15.7 Å². The van der Waals surface area contributed by atoms with E-state index in [4.69, 9.17) is 4.74 Å². The standard InChI is InChI=1S/C16H14BrNO3/c1-10-8-13(17)6-7-15(10)18-16(20)12-4-3-5-14(9-12)21-11(2)19/h3-9H,1-2H3,(H,18,20). The van der Waals surface area contributed by atoms with E-state index in [1.807, 2.05) is 25.1 Å². The molecule has 2 aromatic carbocycles. The number of aryl methyl sites for hydroxylation is 1.